The molecule has 0 saturated carbocycles. The number of hydrogen-bond acceptors (Lipinski definition) is 3. The third-order valence-electron chi connectivity index (χ3n) is 3.17. The molecule has 2 rings (SSSR count). The van der Waals surface area contributed by atoms with Gasteiger partial charge in [-0.2, -0.15) is 5.26 Å². The van der Waals surface area contributed by atoms with Gasteiger partial charge in [0.1, 0.15) is 12.4 Å². The van der Waals surface area contributed by atoms with Crippen molar-refractivity contribution in [2.75, 3.05) is 26.2 Å². The van der Waals surface area contributed by atoms with E-state index in [4.69, 9.17) is 10.00 Å². The molecule has 0 amide bonds. The Morgan fingerprint density at radius 2 is 2.18 bits per heavy atom. The summed E-state index contributed by atoms with van der Waals surface area (Å²) in [4.78, 5) is 2.44. The largest absolute Gasteiger partial charge is 0.492 e. The van der Waals surface area contributed by atoms with Gasteiger partial charge in [0.15, 0.2) is 0 Å². The quantitative estimate of drug-likeness (QED) is 0.796. The van der Waals surface area contributed by atoms with E-state index in [1.165, 1.54) is 19.5 Å². The van der Waals surface area contributed by atoms with Crippen molar-refractivity contribution in [3.63, 3.8) is 0 Å². The molecule has 1 saturated heterocycles. The van der Waals surface area contributed by atoms with Crippen LogP contribution in [0.2, 0.25) is 0 Å². The van der Waals surface area contributed by atoms with Gasteiger partial charge in [-0.05, 0) is 43.1 Å². The number of ether oxygens (including phenoxy) is 1. The molecule has 3 nitrogen and oxygen atoms in total. The van der Waals surface area contributed by atoms with Crippen molar-refractivity contribution >= 4 is 0 Å². The average Bonchev–Trinajstić information content (AvgIpc) is 2.76. The van der Waals surface area contributed by atoms with Gasteiger partial charge < -0.3 is 4.74 Å². The summed E-state index contributed by atoms with van der Waals surface area (Å²) in [5.41, 5.74) is 0.672. The molecule has 1 unspecified atom stereocenters. The molecule has 1 aliphatic rings. The molecule has 17 heavy (non-hydrogen) atoms. The Balaban J connectivity index is 1.73. The smallest absolute Gasteiger partial charge is 0.119 e. The van der Waals surface area contributed by atoms with E-state index in [-0.39, 0.29) is 0 Å². The van der Waals surface area contributed by atoms with Crippen molar-refractivity contribution in [2.45, 2.75) is 13.3 Å². The Morgan fingerprint density at radius 3 is 2.76 bits per heavy atom. The summed E-state index contributed by atoms with van der Waals surface area (Å²) in [6.07, 6.45) is 1.30. The maximum atomic E-state index is 8.68. The topological polar surface area (TPSA) is 36.3 Å². The van der Waals surface area contributed by atoms with Gasteiger partial charge in [0.2, 0.25) is 0 Å². The molecule has 90 valence electrons. The van der Waals surface area contributed by atoms with E-state index in [0.717, 1.165) is 24.8 Å². The molecule has 1 heterocycles. The number of nitrogens with zero attached hydrogens (tertiary/aromatic N) is 2. The van der Waals surface area contributed by atoms with E-state index >= 15 is 0 Å². The van der Waals surface area contributed by atoms with Crippen LogP contribution in [0.3, 0.4) is 0 Å². The first-order chi connectivity index (χ1) is 8.28. The molecule has 0 aromatic heterocycles. The highest BCUT2D eigenvalue weighted by Gasteiger charge is 2.17. The highest BCUT2D eigenvalue weighted by Crippen LogP contribution is 2.15. The molecule has 1 aliphatic heterocycles. The second-order valence-corrected chi connectivity index (χ2v) is 4.68. The number of nitriles is 1. The van der Waals surface area contributed by atoms with Crippen molar-refractivity contribution in [3.8, 4) is 11.8 Å². The predicted molar refractivity (Wildman–Crippen MR) is 66.9 cm³/mol. The minimum Gasteiger partial charge on any atom is -0.492 e. The number of likely N-dealkylation sites (tertiary alicyclic amines) is 1. The van der Waals surface area contributed by atoms with E-state index < -0.39 is 0 Å². The maximum absolute atomic E-state index is 8.68. The lowest BCUT2D eigenvalue weighted by atomic mass is 10.2. The summed E-state index contributed by atoms with van der Waals surface area (Å²) in [5, 5.41) is 8.68. The number of hydrogen-bond donors (Lipinski definition) is 0. The number of rotatable bonds is 4. The van der Waals surface area contributed by atoms with Crippen LogP contribution in [0.15, 0.2) is 24.3 Å². The van der Waals surface area contributed by atoms with E-state index in [1.807, 2.05) is 12.1 Å². The fourth-order valence-electron chi connectivity index (χ4n) is 2.15. The molecule has 0 aliphatic carbocycles. The highest BCUT2D eigenvalue weighted by atomic mass is 16.5. The Morgan fingerprint density at radius 1 is 1.41 bits per heavy atom. The molecule has 3 heteroatoms. The lowest BCUT2D eigenvalue weighted by molar-refractivity contribution is 0.234. The Kier molecular flexibility index (Phi) is 4.00. The lowest BCUT2D eigenvalue weighted by Gasteiger charge is -2.15. The third-order valence-corrected chi connectivity index (χ3v) is 3.17. The van der Waals surface area contributed by atoms with Crippen LogP contribution in [0.5, 0.6) is 5.75 Å². The first kappa shape index (κ1) is 11.9. The van der Waals surface area contributed by atoms with Crippen molar-refractivity contribution in [1.29, 1.82) is 5.26 Å². The fraction of sp³-hybridized carbons (Fsp3) is 0.500. The SMILES string of the molecule is CC1CCN(CCOc2ccc(C#N)cc2)C1. The van der Waals surface area contributed by atoms with Crippen LogP contribution < -0.4 is 4.74 Å². The highest BCUT2D eigenvalue weighted by molar-refractivity contribution is 5.34. The van der Waals surface area contributed by atoms with Gasteiger partial charge in [-0.3, -0.25) is 4.90 Å². The van der Waals surface area contributed by atoms with Crippen LogP contribution in [0, 0.1) is 17.2 Å². The minimum absolute atomic E-state index is 0.672. The monoisotopic (exact) mass is 230 g/mol. The second-order valence-electron chi connectivity index (χ2n) is 4.68. The molecule has 1 fully saturated rings. The van der Waals surface area contributed by atoms with Crippen LogP contribution in [-0.2, 0) is 0 Å². The van der Waals surface area contributed by atoms with Crippen LogP contribution in [0.25, 0.3) is 0 Å². The van der Waals surface area contributed by atoms with Gasteiger partial charge in [-0.1, -0.05) is 6.92 Å². The normalized spacial score (nSPS) is 20.1. The zero-order valence-corrected chi connectivity index (χ0v) is 10.2. The summed E-state index contributed by atoms with van der Waals surface area (Å²) in [6, 6.07) is 9.37. The molecule has 0 N–H and O–H groups in total. The van der Waals surface area contributed by atoms with Crippen LogP contribution in [0.1, 0.15) is 18.9 Å². The second kappa shape index (κ2) is 5.70. The predicted octanol–water partition coefficient (Wildman–Crippen LogP) is 2.28. The van der Waals surface area contributed by atoms with Gasteiger partial charge in [-0.15, -0.1) is 0 Å². The summed E-state index contributed by atoms with van der Waals surface area (Å²) >= 11 is 0. The van der Waals surface area contributed by atoms with Gasteiger partial charge in [-0.25, -0.2) is 0 Å². The minimum atomic E-state index is 0.672. The zero-order valence-electron chi connectivity index (χ0n) is 10.2. The Bertz CT molecular complexity index is 394. The molecule has 1 atom stereocenters. The summed E-state index contributed by atoms with van der Waals surface area (Å²) < 4.78 is 5.65. The first-order valence-corrected chi connectivity index (χ1v) is 6.13. The molecule has 0 spiro atoms. The molecular formula is C14H18N2O. The lowest BCUT2D eigenvalue weighted by Crippen LogP contribution is -2.25. The summed E-state index contributed by atoms with van der Waals surface area (Å²) in [6.45, 7) is 6.39. The molecule has 1 aromatic carbocycles. The van der Waals surface area contributed by atoms with Gasteiger partial charge in [0, 0.05) is 13.1 Å². The summed E-state index contributed by atoms with van der Waals surface area (Å²) in [7, 11) is 0. The van der Waals surface area contributed by atoms with E-state index in [0.29, 0.717) is 5.56 Å². The summed E-state index contributed by atoms with van der Waals surface area (Å²) in [5.74, 6) is 1.67. The van der Waals surface area contributed by atoms with E-state index in [9.17, 15) is 0 Å². The Labute approximate surface area is 103 Å². The van der Waals surface area contributed by atoms with Crippen molar-refractivity contribution in [3.05, 3.63) is 29.8 Å². The van der Waals surface area contributed by atoms with Crippen molar-refractivity contribution in [1.82, 2.24) is 4.90 Å². The zero-order chi connectivity index (χ0) is 12.1. The van der Waals surface area contributed by atoms with E-state index in [2.05, 4.69) is 17.9 Å². The third kappa shape index (κ3) is 3.47. The molecule has 0 radical (unpaired) electrons. The van der Waals surface area contributed by atoms with Crippen molar-refractivity contribution < 1.29 is 4.74 Å². The van der Waals surface area contributed by atoms with Crippen LogP contribution in [-0.4, -0.2) is 31.1 Å². The standard InChI is InChI=1S/C14H18N2O/c1-12-6-7-16(11-12)8-9-17-14-4-2-13(10-15)3-5-14/h2-5,12H,6-9,11H2,1H3. The molecular weight excluding hydrogens is 212 g/mol. The van der Waals surface area contributed by atoms with Crippen molar-refractivity contribution in [2.24, 2.45) is 5.92 Å². The average molecular weight is 230 g/mol. The van der Waals surface area contributed by atoms with Crippen LogP contribution >= 0.6 is 0 Å². The molecule has 0 bridgehead atoms. The number of benzene rings is 1. The van der Waals surface area contributed by atoms with Gasteiger partial charge in [0.25, 0.3) is 0 Å². The van der Waals surface area contributed by atoms with Gasteiger partial charge >= 0.3 is 0 Å². The first-order valence-electron chi connectivity index (χ1n) is 6.13. The van der Waals surface area contributed by atoms with Crippen LogP contribution in [0.4, 0.5) is 0 Å². The fourth-order valence-corrected chi connectivity index (χ4v) is 2.15. The van der Waals surface area contributed by atoms with Gasteiger partial charge in [0.05, 0.1) is 11.6 Å². The Hall–Kier alpha value is -1.53. The molecule has 1 aromatic rings. The van der Waals surface area contributed by atoms with E-state index in [1.54, 1.807) is 12.1 Å². The maximum Gasteiger partial charge on any atom is 0.119 e.